The van der Waals surface area contributed by atoms with Crippen molar-refractivity contribution in [2.45, 2.75) is 19.3 Å². The highest BCUT2D eigenvalue weighted by Crippen LogP contribution is 2.63. The highest BCUT2D eigenvalue weighted by molar-refractivity contribution is 6.06. The number of para-hydroxylation sites is 4. The smallest absolute Gasteiger partial charge is 0.135 e. The van der Waals surface area contributed by atoms with Crippen LogP contribution in [0.1, 0.15) is 36.1 Å². The van der Waals surface area contributed by atoms with Crippen LogP contribution in [0, 0.1) is 0 Å². The molecule has 0 bridgehead atoms. The van der Waals surface area contributed by atoms with Crippen LogP contribution in [0.4, 0.5) is 17.1 Å². The molecule has 0 radical (unpaired) electrons. The molecule has 54 heavy (non-hydrogen) atoms. The summed E-state index contributed by atoms with van der Waals surface area (Å²) < 4.78 is 12.9. The van der Waals surface area contributed by atoms with Crippen molar-refractivity contribution < 1.29 is 9.15 Å². The van der Waals surface area contributed by atoms with Crippen molar-refractivity contribution in [3.8, 4) is 33.8 Å². The summed E-state index contributed by atoms with van der Waals surface area (Å²) in [5.41, 5.74) is 13.9. The molecule has 1 spiro atoms. The zero-order valence-corrected chi connectivity index (χ0v) is 30.2. The number of rotatable bonds is 3. The average molecular weight is 696 g/mol. The van der Waals surface area contributed by atoms with E-state index in [-0.39, 0.29) is 0 Å². The van der Waals surface area contributed by atoms with Crippen LogP contribution in [-0.2, 0) is 5.41 Å². The van der Waals surface area contributed by atoms with Crippen LogP contribution in [-0.4, -0.2) is 0 Å². The fourth-order valence-electron chi connectivity index (χ4n) is 8.66. The van der Waals surface area contributed by atoms with Crippen LogP contribution >= 0.6 is 0 Å². The normalized spacial score (nSPS) is 13.3. The standard InChI is InChI=1S/C49H31NO2.C2H6/c1-2-12-32(13-3-1)33-22-26-36(27-23-33)50-43-18-8-5-15-39(43)49(40-16-6-10-20-47(40)52-48-21-11-7-17-41(48)49)42-31-35(24-28-44(42)50)34-25-29-46-38(30-34)37-14-4-9-19-45(37)51-46;1-2/h1-31H;1-2H3. The van der Waals surface area contributed by atoms with Crippen LogP contribution in [0.25, 0.3) is 44.2 Å². The van der Waals surface area contributed by atoms with Crippen molar-refractivity contribution in [1.82, 2.24) is 0 Å². The van der Waals surface area contributed by atoms with E-state index >= 15 is 0 Å². The summed E-state index contributed by atoms with van der Waals surface area (Å²) in [6.45, 7) is 4.00. The Labute approximate surface area is 315 Å². The molecule has 3 nitrogen and oxygen atoms in total. The predicted octanol–water partition coefficient (Wildman–Crippen LogP) is 14.2. The van der Waals surface area contributed by atoms with E-state index in [1.54, 1.807) is 0 Å². The number of ether oxygens (including phenoxy) is 1. The fourth-order valence-corrected chi connectivity index (χ4v) is 8.66. The summed E-state index contributed by atoms with van der Waals surface area (Å²) in [4.78, 5) is 2.43. The summed E-state index contributed by atoms with van der Waals surface area (Å²) in [5.74, 6) is 1.75. The fraction of sp³-hybridized carbons (Fsp3) is 0.0588. The molecule has 3 heteroatoms. The number of benzene rings is 8. The van der Waals surface area contributed by atoms with Crippen LogP contribution in [0.3, 0.4) is 0 Å². The van der Waals surface area contributed by atoms with Crippen LogP contribution in [0.5, 0.6) is 11.5 Å². The molecular formula is C51H37NO2. The van der Waals surface area contributed by atoms with E-state index in [0.717, 1.165) is 72.8 Å². The van der Waals surface area contributed by atoms with Gasteiger partial charge in [0.1, 0.15) is 22.7 Å². The maximum atomic E-state index is 6.67. The second-order valence-corrected chi connectivity index (χ2v) is 13.7. The molecule has 0 N–H and O–H groups in total. The molecule has 3 heterocycles. The van der Waals surface area contributed by atoms with Crippen LogP contribution < -0.4 is 9.64 Å². The van der Waals surface area contributed by atoms with Crippen LogP contribution in [0.2, 0.25) is 0 Å². The summed E-state index contributed by atoms with van der Waals surface area (Å²) in [6, 6.07) is 67.4. The van der Waals surface area contributed by atoms with Crippen molar-refractivity contribution in [3.63, 3.8) is 0 Å². The third-order valence-electron chi connectivity index (χ3n) is 10.9. The predicted molar refractivity (Wildman–Crippen MR) is 223 cm³/mol. The number of hydrogen-bond acceptors (Lipinski definition) is 3. The van der Waals surface area contributed by atoms with Gasteiger partial charge < -0.3 is 14.1 Å². The van der Waals surface area contributed by atoms with Gasteiger partial charge in [-0.2, -0.15) is 0 Å². The van der Waals surface area contributed by atoms with E-state index < -0.39 is 5.41 Å². The SMILES string of the molecule is CC.c1ccc(-c2ccc(N3c4ccccc4C4(c5ccccc5Oc5ccccc54)c4cc(-c5ccc6oc7ccccc7c6c5)ccc43)cc2)cc1. The number of nitrogens with zero attached hydrogens (tertiary/aromatic N) is 1. The van der Waals surface area contributed by atoms with Crippen molar-refractivity contribution in [1.29, 1.82) is 0 Å². The molecule has 258 valence electrons. The van der Waals surface area contributed by atoms with Crippen molar-refractivity contribution in [2.24, 2.45) is 0 Å². The Kier molecular flexibility index (Phi) is 7.48. The molecule has 0 unspecified atom stereocenters. The molecule has 2 aliphatic heterocycles. The Morgan fingerprint density at radius 3 is 1.69 bits per heavy atom. The van der Waals surface area contributed by atoms with Gasteiger partial charge in [-0.05, 0) is 94.0 Å². The number of fused-ring (bicyclic) bond motifs is 11. The molecule has 2 aliphatic rings. The van der Waals surface area contributed by atoms with Gasteiger partial charge in [-0.1, -0.05) is 141 Å². The summed E-state index contributed by atoms with van der Waals surface area (Å²) in [7, 11) is 0. The number of hydrogen-bond donors (Lipinski definition) is 0. The molecule has 0 amide bonds. The molecule has 0 saturated heterocycles. The van der Waals surface area contributed by atoms with E-state index in [1.165, 1.54) is 22.3 Å². The zero-order valence-electron chi connectivity index (χ0n) is 30.2. The zero-order chi connectivity index (χ0) is 36.2. The lowest BCUT2D eigenvalue weighted by Gasteiger charge is -2.48. The molecule has 0 atom stereocenters. The first-order chi connectivity index (χ1) is 26.8. The molecule has 1 aromatic heterocycles. The third-order valence-corrected chi connectivity index (χ3v) is 10.9. The van der Waals surface area contributed by atoms with E-state index in [4.69, 9.17) is 9.15 Å². The maximum Gasteiger partial charge on any atom is 0.135 e. The second-order valence-electron chi connectivity index (χ2n) is 13.7. The first-order valence-corrected chi connectivity index (χ1v) is 18.8. The highest BCUT2D eigenvalue weighted by atomic mass is 16.5. The molecule has 9 aromatic rings. The Balaban J connectivity index is 0.00000178. The van der Waals surface area contributed by atoms with Gasteiger partial charge in [-0.15, -0.1) is 0 Å². The van der Waals surface area contributed by atoms with Crippen LogP contribution in [0.15, 0.2) is 192 Å². The van der Waals surface area contributed by atoms with E-state index in [2.05, 4.69) is 181 Å². The molecular weight excluding hydrogens is 659 g/mol. The summed E-state index contributed by atoms with van der Waals surface area (Å²) >= 11 is 0. The Hall–Kier alpha value is -6.84. The molecule has 0 aliphatic carbocycles. The Morgan fingerprint density at radius 2 is 0.926 bits per heavy atom. The minimum absolute atomic E-state index is 0.639. The average Bonchev–Trinajstić information content (AvgIpc) is 3.63. The van der Waals surface area contributed by atoms with E-state index in [9.17, 15) is 0 Å². The molecule has 8 aromatic carbocycles. The minimum Gasteiger partial charge on any atom is -0.457 e. The van der Waals surface area contributed by atoms with E-state index in [1.807, 2.05) is 26.0 Å². The first kappa shape index (κ1) is 31.9. The number of furan rings is 1. The Morgan fingerprint density at radius 1 is 0.389 bits per heavy atom. The van der Waals surface area contributed by atoms with Gasteiger partial charge in [0.15, 0.2) is 0 Å². The summed E-state index contributed by atoms with van der Waals surface area (Å²) in [6.07, 6.45) is 0. The van der Waals surface area contributed by atoms with Gasteiger partial charge in [0.2, 0.25) is 0 Å². The van der Waals surface area contributed by atoms with Gasteiger partial charge >= 0.3 is 0 Å². The Bertz CT molecular complexity index is 2790. The van der Waals surface area contributed by atoms with Gasteiger partial charge in [0, 0.05) is 27.6 Å². The first-order valence-electron chi connectivity index (χ1n) is 18.8. The van der Waals surface area contributed by atoms with Crippen molar-refractivity contribution in [3.05, 3.63) is 210 Å². The molecule has 11 rings (SSSR count). The van der Waals surface area contributed by atoms with Crippen molar-refractivity contribution >= 4 is 39.0 Å². The lowest BCUT2D eigenvalue weighted by Crippen LogP contribution is -2.39. The van der Waals surface area contributed by atoms with Gasteiger partial charge in [-0.3, -0.25) is 0 Å². The van der Waals surface area contributed by atoms with Gasteiger partial charge in [-0.25, -0.2) is 0 Å². The quantitative estimate of drug-likeness (QED) is 0.184. The van der Waals surface area contributed by atoms with E-state index in [0.29, 0.717) is 0 Å². The lowest BCUT2D eigenvalue weighted by atomic mass is 9.61. The maximum absolute atomic E-state index is 6.67. The van der Waals surface area contributed by atoms with Gasteiger partial charge in [0.05, 0.1) is 16.8 Å². The minimum atomic E-state index is -0.639. The van der Waals surface area contributed by atoms with Gasteiger partial charge in [0.25, 0.3) is 0 Å². The lowest BCUT2D eigenvalue weighted by molar-refractivity contribution is 0.434. The topological polar surface area (TPSA) is 25.6 Å². The monoisotopic (exact) mass is 695 g/mol. The van der Waals surface area contributed by atoms with Crippen molar-refractivity contribution in [2.75, 3.05) is 4.90 Å². The highest BCUT2D eigenvalue weighted by Gasteiger charge is 2.51. The third kappa shape index (κ3) is 4.68. The number of anilines is 3. The molecule has 0 fully saturated rings. The largest absolute Gasteiger partial charge is 0.457 e. The second kappa shape index (κ2) is 12.7. The summed E-state index contributed by atoms with van der Waals surface area (Å²) in [5, 5.41) is 2.24. The molecule has 0 saturated carbocycles.